The quantitative estimate of drug-likeness (QED) is 0.696. The fourth-order valence-electron chi connectivity index (χ4n) is 3.49. The number of nitrogens with zero attached hydrogens (tertiary/aromatic N) is 1. The fraction of sp³-hybridized carbons (Fsp3) is 0.600. The highest BCUT2D eigenvalue weighted by Gasteiger charge is 2.35. The van der Waals surface area contributed by atoms with Gasteiger partial charge in [0.15, 0.2) is 0 Å². The largest absolute Gasteiger partial charge is 0.303 e. The van der Waals surface area contributed by atoms with Crippen LogP contribution in [0.15, 0.2) is 18.2 Å². The van der Waals surface area contributed by atoms with E-state index in [2.05, 4.69) is 36.9 Å². The Labute approximate surface area is 98.5 Å². The molecule has 1 aromatic carbocycles. The second-order valence-electron chi connectivity index (χ2n) is 5.53. The van der Waals surface area contributed by atoms with E-state index in [1.165, 1.54) is 43.6 Å². The first-order valence-corrected chi connectivity index (χ1v) is 6.54. The lowest BCUT2D eigenvalue weighted by Gasteiger charge is -2.45. The van der Waals surface area contributed by atoms with Gasteiger partial charge in [0.25, 0.3) is 0 Å². The van der Waals surface area contributed by atoms with Crippen LogP contribution < -0.4 is 0 Å². The molecule has 1 atom stereocenters. The molecule has 3 aliphatic rings. The van der Waals surface area contributed by atoms with E-state index in [4.69, 9.17) is 0 Å². The van der Waals surface area contributed by atoms with Gasteiger partial charge >= 0.3 is 0 Å². The first kappa shape index (κ1) is 10.3. The molecule has 3 heterocycles. The van der Waals surface area contributed by atoms with Crippen LogP contribution in [0.25, 0.3) is 0 Å². The summed E-state index contributed by atoms with van der Waals surface area (Å²) in [5.74, 6) is 1.76. The lowest BCUT2D eigenvalue weighted by atomic mass is 9.74. The highest BCUT2D eigenvalue weighted by atomic mass is 15.1. The predicted octanol–water partition coefficient (Wildman–Crippen LogP) is 3.11. The van der Waals surface area contributed by atoms with Gasteiger partial charge in [-0.15, -0.1) is 0 Å². The maximum Gasteiger partial charge on any atom is 0.00531 e. The molecule has 3 fully saturated rings. The third-order valence-corrected chi connectivity index (χ3v) is 4.70. The van der Waals surface area contributed by atoms with Crippen molar-refractivity contribution in [2.24, 2.45) is 5.92 Å². The van der Waals surface area contributed by atoms with Crippen LogP contribution in [0.4, 0.5) is 0 Å². The summed E-state index contributed by atoms with van der Waals surface area (Å²) in [5, 5.41) is 0. The third kappa shape index (κ3) is 1.58. The predicted molar refractivity (Wildman–Crippen MR) is 67.8 cm³/mol. The molecule has 0 N–H and O–H groups in total. The maximum absolute atomic E-state index is 2.65. The number of rotatable bonds is 1. The van der Waals surface area contributed by atoms with Crippen molar-refractivity contribution in [3.8, 4) is 0 Å². The molecule has 1 heteroatoms. The minimum Gasteiger partial charge on any atom is -0.303 e. The van der Waals surface area contributed by atoms with Gasteiger partial charge in [-0.25, -0.2) is 0 Å². The standard InChI is InChI=1S/C15H21N/c1-11-4-3-5-14(12(11)2)15-10-16-8-6-13(15)7-9-16/h3-5,13,15H,6-10H2,1-2H3. The van der Waals surface area contributed by atoms with Gasteiger partial charge in [0.1, 0.15) is 0 Å². The number of benzene rings is 1. The minimum atomic E-state index is 0.808. The van der Waals surface area contributed by atoms with Crippen LogP contribution >= 0.6 is 0 Å². The summed E-state index contributed by atoms with van der Waals surface area (Å²) < 4.78 is 0. The number of piperidine rings is 3. The van der Waals surface area contributed by atoms with E-state index < -0.39 is 0 Å². The van der Waals surface area contributed by atoms with Gasteiger partial charge in [0.05, 0.1) is 0 Å². The fourth-order valence-corrected chi connectivity index (χ4v) is 3.49. The monoisotopic (exact) mass is 215 g/mol. The van der Waals surface area contributed by atoms with Gasteiger partial charge in [-0.3, -0.25) is 0 Å². The summed E-state index contributed by atoms with van der Waals surface area (Å²) >= 11 is 0. The van der Waals surface area contributed by atoms with Crippen LogP contribution in [0, 0.1) is 19.8 Å². The molecule has 16 heavy (non-hydrogen) atoms. The Kier molecular flexibility index (Phi) is 2.51. The first-order valence-electron chi connectivity index (χ1n) is 6.54. The summed E-state index contributed by atoms with van der Waals surface area (Å²) in [6.07, 6.45) is 2.83. The average Bonchev–Trinajstić information content (AvgIpc) is 2.34. The molecule has 3 saturated heterocycles. The van der Waals surface area contributed by atoms with Crippen molar-refractivity contribution in [2.45, 2.75) is 32.6 Å². The van der Waals surface area contributed by atoms with Crippen LogP contribution in [-0.4, -0.2) is 24.5 Å². The summed E-state index contributed by atoms with van der Waals surface area (Å²) in [6.45, 7) is 8.51. The molecule has 0 radical (unpaired) electrons. The lowest BCUT2D eigenvalue weighted by Crippen LogP contribution is -2.46. The maximum atomic E-state index is 2.65. The SMILES string of the molecule is Cc1cccc(C2CN3CCC2CC3)c1C. The van der Waals surface area contributed by atoms with E-state index in [0.29, 0.717) is 0 Å². The number of aryl methyl sites for hydroxylation is 1. The van der Waals surface area contributed by atoms with Crippen molar-refractivity contribution in [3.63, 3.8) is 0 Å². The van der Waals surface area contributed by atoms with Gasteiger partial charge in [-0.1, -0.05) is 18.2 Å². The minimum absolute atomic E-state index is 0.808. The number of fused-ring (bicyclic) bond motifs is 3. The molecular weight excluding hydrogens is 194 g/mol. The van der Waals surface area contributed by atoms with Crippen LogP contribution in [-0.2, 0) is 0 Å². The molecule has 0 saturated carbocycles. The molecule has 0 spiro atoms. The van der Waals surface area contributed by atoms with Crippen molar-refractivity contribution in [1.29, 1.82) is 0 Å². The normalized spacial score (nSPS) is 33.0. The van der Waals surface area contributed by atoms with E-state index in [0.717, 1.165) is 11.8 Å². The van der Waals surface area contributed by atoms with Gasteiger partial charge in [0.2, 0.25) is 0 Å². The smallest absolute Gasteiger partial charge is 0.00531 e. The Morgan fingerprint density at radius 2 is 1.88 bits per heavy atom. The topological polar surface area (TPSA) is 3.24 Å². The van der Waals surface area contributed by atoms with E-state index in [1.807, 2.05) is 0 Å². The molecule has 0 aliphatic carbocycles. The number of hydrogen-bond donors (Lipinski definition) is 0. The van der Waals surface area contributed by atoms with Crippen molar-refractivity contribution in [1.82, 2.24) is 4.90 Å². The summed E-state index contributed by atoms with van der Waals surface area (Å²) in [4.78, 5) is 2.65. The van der Waals surface area contributed by atoms with Crippen molar-refractivity contribution in [2.75, 3.05) is 19.6 Å². The highest BCUT2D eigenvalue weighted by molar-refractivity contribution is 5.36. The Balaban J connectivity index is 1.95. The van der Waals surface area contributed by atoms with Crippen molar-refractivity contribution in [3.05, 3.63) is 34.9 Å². The Morgan fingerprint density at radius 3 is 2.50 bits per heavy atom. The zero-order chi connectivity index (χ0) is 11.1. The van der Waals surface area contributed by atoms with Crippen LogP contribution in [0.1, 0.15) is 35.4 Å². The van der Waals surface area contributed by atoms with Gasteiger partial charge < -0.3 is 4.90 Å². The average molecular weight is 215 g/mol. The Morgan fingerprint density at radius 1 is 1.12 bits per heavy atom. The summed E-state index contributed by atoms with van der Waals surface area (Å²) in [7, 11) is 0. The Bertz CT molecular complexity index is 388. The number of hydrogen-bond acceptors (Lipinski definition) is 1. The summed E-state index contributed by atoms with van der Waals surface area (Å²) in [6, 6.07) is 6.82. The lowest BCUT2D eigenvalue weighted by molar-refractivity contribution is 0.0868. The zero-order valence-corrected chi connectivity index (χ0v) is 10.4. The van der Waals surface area contributed by atoms with Gasteiger partial charge in [-0.2, -0.15) is 0 Å². The van der Waals surface area contributed by atoms with E-state index in [1.54, 1.807) is 5.56 Å². The second kappa shape index (κ2) is 3.89. The highest BCUT2D eigenvalue weighted by Crippen LogP contribution is 2.40. The van der Waals surface area contributed by atoms with Crippen LogP contribution in [0.2, 0.25) is 0 Å². The van der Waals surface area contributed by atoms with Crippen molar-refractivity contribution >= 4 is 0 Å². The van der Waals surface area contributed by atoms with E-state index in [9.17, 15) is 0 Å². The Hall–Kier alpha value is -0.820. The molecule has 1 nitrogen and oxygen atoms in total. The molecular formula is C15H21N. The molecule has 1 unspecified atom stereocenters. The van der Waals surface area contributed by atoms with Crippen LogP contribution in [0.3, 0.4) is 0 Å². The first-order chi connectivity index (χ1) is 7.75. The van der Waals surface area contributed by atoms with Gasteiger partial charge in [0, 0.05) is 6.54 Å². The molecule has 0 aromatic heterocycles. The molecule has 3 aliphatic heterocycles. The van der Waals surface area contributed by atoms with Crippen molar-refractivity contribution < 1.29 is 0 Å². The summed E-state index contributed by atoms with van der Waals surface area (Å²) in [5.41, 5.74) is 4.60. The van der Waals surface area contributed by atoms with E-state index in [-0.39, 0.29) is 0 Å². The third-order valence-electron chi connectivity index (χ3n) is 4.70. The molecule has 4 rings (SSSR count). The molecule has 0 amide bonds. The molecule has 2 bridgehead atoms. The zero-order valence-electron chi connectivity index (χ0n) is 10.4. The molecule has 1 aromatic rings. The van der Waals surface area contributed by atoms with E-state index >= 15 is 0 Å². The second-order valence-corrected chi connectivity index (χ2v) is 5.53. The van der Waals surface area contributed by atoms with Crippen LogP contribution in [0.5, 0.6) is 0 Å². The van der Waals surface area contributed by atoms with Gasteiger partial charge in [-0.05, 0) is 68.3 Å². The molecule has 86 valence electrons.